The zero-order valence-electron chi connectivity index (χ0n) is 17.7. The molecule has 9 heteroatoms. The van der Waals surface area contributed by atoms with Crippen LogP contribution in [0.2, 0.25) is 0 Å². The van der Waals surface area contributed by atoms with Gasteiger partial charge in [-0.05, 0) is 36.8 Å². The van der Waals surface area contributed by atoms with Crippen molar-refractivity contribution in [2.45, 2.75) is 19.4 Å². The number of thiol groups is 1. The van der Waals surface area contributed by atoms with Gasteiger partial charge in [-0.3, -0.25) is 10.1 Å². The van der Waals surface area contributed by atoms with Crippen molar-refractivity contribution in [3.05, 3.63) is 59.7 Å². The van der Waals surface area contributed by atoms with Crippen LogP contribution in [0, 0.1) is 17.2 Å². The minimum Gasteiger partial charge on any atom is -0.491 e. The normalized spacial score (nSPS) is 12.2. The number of hydrogen-bond acceptors (Lipinski definition) is 8. The van der Waals surface area contributed by atoms with E-state index >= 15 is 0 Å². The van der Waals surface area contributed by atoms with E-state index in [0.29, 0.717) is 29.0 Å². The highest BCUT2D eigenvalue weighted by Gasteiger charge is 2.27. The highest BCUT2D eigenvalue weighted by molar-refractivity contribution is 7.81. The van der Waals surface area contributed by atoms with Crippen LogP contribution in [-0.2, 0) is 14.3 Å². The quantitative estimate of drug-likeness (QED) is 0.347. The van der Waals surface area contributed by atoms with Gasteiger partial charge in [-0.1, -0.05) is 25.1 Å². The molecule has 0 heterocycles. The predicted molar refractivity (Wildman–Crippen MR) is 122 cm³/mol. The number of nitrogens with zero attached hydrogens (tertiary/aromatic N) is 1. The molecule has 2 aromatic rings. The molecule has 0 spiro atoms. The van der Waals surface area contributed by atoms with Gasteiger partial charge in [0, 0.05) is 17.2 Å². The topological polar surface area (TPSA) is 118 Å². The molecule has 0 fully saturated rings. The molecule has 0 unspecified atom stereocenters. The monoisotopic (exact) mass is 458 g/mol. The Labute approximate surface area is 192 Å². The van der Waals surface area contributed by atoms with Crippen molar-refractivity contribution in [1.29, 1.82) is 5.26 Å². The van der Waals surface area contributed by atoms with Crippen molar-refractivity contribution in [2.75, 3.05) is 30.9 Å². The van der Waals surface area contributed by atoms with Crippen LogP contribution in [0.15, 0.2) is 48.5 Å². The molecular formula is C23H26N2O6S. The zero-order chi connectivity index (χ0) is 23.3. The third-order valence-electron chi connectivity index (χ3n) is 4.55. The lowest BCUT2D eigenvalue weighted by atomic mass is 9.94. The number of carbonyl (C=O) groups excluding carboxylic acids is 2. The lowest BCUT2D eigenvalue weighted by Gasteiger charge is -2.26. The summed E-state index contributed by atoms with van der Waals surface area (Å²) in [5, 5.41) is 20.7. The molecule has 0 aliphatic carbocycles. The highest BCUT2D eigenvalue weighted by atomic mass is 32.1. The van der Waals surface area contributed by atoms with E-state index in [-0.39, 0.29) is 31.5 Å². The van der Waals surface area contributed by atoms with Crippen LogP contribution in [0.25, 0.3) is 0 Å². The number of esters is 1. The third kappa shape index (κ3) is 7.80. The number of aliphatic hydroxyl groups excluding tert-OH is 1. The third-order valence-corrected chi connectivity index (χ3v) is 4.81. The minimum absolute atomic E-state index is 0.0147. The largest absolute Gasteiger partial charge is 0.491 e. The van der Waals surface area contributed by atoms with Crippen LogP contribution >= 0.6 is 12.6 Å². The van der Waals surface area contributed by atoms with Gasteiger partial charge in [0.1, 0.15) is 18.5 Å². The molecule has 0 aliphatic heterocycles. The second-order valence-electron chi connectivity index (χ2n) is 6.89. The second-order valence-corrected chi connectivity index (χ2v) is 7.21. The predicted octanol–water partition coefficient (Wildman–Crippen LogP) is 3.72. The van der Waals surface area contributed by atoms with Crippen molar-refractivity contribution in [3.63, 3.8) is 0 Å². The molecule has 32 heavy (non-hydrogen) atoms. The summed E-state index contributed by atoms with van der Waals surface area (Å²) in [5.74, 6) is -0.187. The minimum atomic E-state index is -0.710. The fourth-order valence-corrected chi connectivity index (χ4v) is 3.03. The number of benzene rings is 2. The Morgan fingerprint density at radius 1 is 1.16 bits per heavy atom. The summed E-state index contributed by atoms with van der Waals surface area (Å²) in [6.07, 6.45) is -0.961. The van der Waals surface area contributed by atoms with E-state index in [4.69, 9.17) is 24.6 Å². The summed E-state index contributed by atoms with van der Waals surface area (Å²) in [7, 11) is 0. The lowest BCUT2D eigenvalue weighted by Crippen LogP contribution is -2.24. The van der Waals surface area contributed by atoms with E-state index in [0.717, 1.165) is 0 Å². The summed E-state index contributed by atoms with van der Waals surface area (Å²) in [6.45, 7) is 1.96. The smallest absolute Gasteiger partial charge is 0.412 e. The molecule has 2 aromatic carbocycles. The number of nitrogens with one attached hydrogen (secondary N) is 1. The number of rotatable bonds is 11. The fraction of sp³-hybridized carbons (Fsp3) is 0.348. The average molecular weight is 459 g/mol. The first-order valence-corrected chi connectivity index (χ1v) is 10.7. The van der Waals surface area contributed by atoms with Crippen LogP contribution in [0.4, 0.5) is 10.5 Å². The Morgan fingerprint density at radius 2 is 1.88 bits per heavy atom. The van der Waals surface area contributed by atoms with Crippen molar-refractivity contribution < 1.29 is 28.9 Å². The molecule has 2 N–H and O–H groups in total. The van der Waals surface area contributed by atoms with Crippen molar-refractivity contribution in [1.82, 2.24) is 0 Å². The summed E-state index contributed by atoms with van der Waals surface area (Å²) >= 11 is 3.88. The Hall–Kier alpha value is -3.22. The molecule has 0 aromatic heterocycles. The van der Waals surface area contributed by atoms with E-state index in [1.54, 1.807) is 48.5 Å². The molecule has 0 saturated carbocycles. The van der Waals surface area contributed by atoms with Gasteiger partial charge in [0.05, 0.1) is 30.6 Å². The number of nitriles is 1. The number of aliphatic hydroxyl groups is 1. The first kappa shape index (κ1) is 25.0. The Kier molecular flexibility index (Phi) is 10.4. The van der Waals surface area contributed by atoms with E-state index in [1.165, 1.54) is 0 Å². The molecule has 8 nitrogen and oxygen atoms in total. The Balaban J connectivity index is 2.18. The Morgan fingerprint density at radius 3 is 2.53 bits per heavy atom. The van der Waals surface area contributed by atoms with Crippen molar-refractivity contribution in [2.24, 2.45) is 5.92 Å². The number of carbonyl (C=O) groups is 2. The van der Waals surface area contributed by atoms with Crippen molar-refractivity contribution in [3.8, 4) is 11.8 Å². The van der Waals surface area contributed by atoms with E-state index in [1.807, 2.05) is 13.0 Å². The van der Waals surface area contributed by atoms with Crippen LogP contribution in [0.1, 0.15) is 30.6 Å². The highest BCUT2D eigenvalue weighted by Crippen LogP contribution is 2.35. The summed E-state index contributed by atoms with van der Waals surface area (Å²) in [5.41, 5.74) is 1.58. The van der Waals surface area contributed by atoms with Crippen LogP contribution < -0.4 is 10.1 Å². The molecular weight excluding hydrogens is 432 g/mol. The van der Waals surface area contributed by atoms with Gasteiger partial charge in [-0.2, -0.15) is 17.9 Å². The van der Waals surface area contributed by atoms with Crippen molar-refractivity contribution >= 4 is 30.4 Å². The molecule has 170 valence electrons. The molecule has 1 amide bonds. The van der Waals surface area contributed by atoms with Gasteiger partial charge < -0.3 is 19.3 Å². The van der Waals surface area contributed by atoms with Crippen LogP contribution in [-0.4, -0.2) is 42.7 Å². The zero-order valence-corrected chi connectivity index (χ0v) is 18.6. The van der Waals surface area contributed by atoms with Gasteiger partial charge >= 0.3 is 12.1 Å². The maximum absolute atomic E-state index is 12.6. The van der Waals surface area contributed by atoms with Gasteiger partial charge in [-0.15, -0.1) is 0 Å². The summed E-state index contributed by atoms with van der Waals surface area (Å²) < 4.78 is 16.5. The maximum Gasteiger partial charge on any atom is 0.412 e. The maximum atomic E-state index is 12.6. The van der Waals surface area contributed by atoms with E-state index in [9.17, 15) is 9.59 Å². The Bertz CT molecular complexity index is 929. The number of amides is 1. The summed E-state index contributed by atoms with van der Waals surface area (Å²) in [6, 6.07) is 15.5. The number of ether oxygens (including phenoxy) is 3. The SMILES string of the molecule is C[C@@H](CCOC(=O)CS)[C@@H](OC(=O)Nc1ccc(C#N)cc1)c1ccccc1OCCO. The average Bonchev–Trinajstić information content (AvgIpc) is 2.81. The molecule has 0 aliphatic rings. The van der Waals surface area contributed by atoms with E-state index < -0.39 is 18.2 Å². The van der Waals surface area contributed by atoms with Gasteiger partial charge in [0.2, 0.25) is 0 Å². The van der Waals surface area contributed by atoms with Gasteiger partial charge in [-0.25, -0.2) is 4.79 Å². The molecule has 0 radical (unpaired) electrons. The van der Waals surface area contributed by atoms with E-state index in [2.05, 4.69) is 17.9 Å². The van der Waals surface area contributed by atoms with Crippen LogP contribution in [0.5, 0.6) is 5.75 Å². The number of hydrogen-bond donors (Lipinski definition) is 3. The lowest BCUT2D eigenvalue weighted by molar-refractivity contribution is -0.141. The molecule has 2 atom stereocenters. The first-order chi connectivity index (χ1) is 15.5. The van der Waals surface area contributed by atoms with Gasteiger partial charge in [0.25, 0.3) is 0 Å². The summed E-state index contributed by atoms with van der Waals surface area (Å²) in [4.78, 5) is 24.0. The second kappa shape index (κ2) is 13.2. The standard InChI is InChI=1S/C23H26N2O6S/c1-16(10-12-30-21(27)15-32)22(19-4-2-3-5-20(19)29-13-11-26)31-23(28)25-18-8-6-17(14-24)7-9-18/h2-9,16,22,26,32H,10-13,15H2,1H3,(H,25,28)/t16-,22+/m0/s1. The first-order valence-electron chi connectivity index (χ1n) is 10.0. The molecule has 0 saturated heterocycles. The molecule has 2 rings (SSSR count). The number of anilines is 1. The number of para-hydroxylation sites is 1. The fourth-order valence-electron chi connectivity index (χ4n) is 2.94. The van der Waals surface area contributed by atoms with Gasteiger partial charge in [0.15, 0.2) is 0 Å². The molecule has 0 bridgehead atoms. The van der Waals surface area contributed by atoms with Crippen LogP contribution in [0.3, 0.4) is 0 Å².